The van der Waals surface area contributed by atoms with E-state index in [1.165, 1.54) is 0 Å². The number of hydrogen-bond acceptors (Lipinski definition) is 6. The predicted molar refractivity (Wildman–Crippen MR) is 52.2 cm³/mol. The third-order valence-electron chi connectivity index (χ3n) is 2.04. The monoisotopic (exact) mass is 222 g/mol. The molecule has 6 heteroatoms. The predicted octanol–water partition coefficient (Wildman–Crippen LogP) is -1.04. The fraction of sp³-hybridized carbons (Fsp3) is 0.875. The van der Waals surface area contributed by atoms with Gasteiger partial charge in [0.1, 0.15) is 29.7 Å². The second-order valence-electron chi connectivity index (χ2n) is 3.03. The van der Waals surface area contributed by atoms with Crippen molar-refractivity contribution in [3.63, 3.8) is 0 Å². The molecule has 0 amide bonds. The summed E-state index contributed by atoms with van der Waals surface area (Å²) in [6.45, 7) is 0.597. The molecule has 2 rings (SSSR count). The average Bonchev–Trinajstić information content (AvgIpc) is 2.50. The van der Waals surface area contributed by atoms with Crippen molar-refractivity contribution in [2.75, 3.05) is 6.61 Å². The molecule has 0 unspecified atom stereocenters. The molecule has 0 aromatic rings. The average molecular weight is 222 g/mol. The van der Waals surface area contributed by atoms with Crippen LogP contribution in [0.4, 0.5) is 0 Å². The van der Waals surface area contributed by atoms with Crippen LogP contribution in [0.15, 0.2) is 4.99 Å². The van der Waals surface area contributed by atoms with Crippen LogP contribution in [0.3, 0.4) is 0 Å². The summed E-state index contributed by atoms with van der Waals surface area (Å²) in [5, 5.41) is 29.2. The molecule has 0 spiro atoms. The Balaban J connectivity index is 2.44. The summed E-state index contributed by atoms with van der Waals surface area (Å²) < 4.78 is 28.3. The maximum Gasteiger partial charge on any atom is 0.134 e. The van der Waals surface area contributed by atoms with Gasteiger partial charge < -0.3 is 20.1 Å². The Morgan fingerprint density at radius 3 is 3.00 bits per heavy atom. The lowest BCUT2D eigenvalue weighted by Crippen LogP contribution is -2.55. The van der Waals surface area contributed by atoms with Crippen molar-refractivity contribution in [1.29, 1.82) is 0 Å². The smallest absolute Gasteiger partial charge is 0.134 e. The Kier molecular flexibility index (Phi) is 1.94. The van der Waals surface area contributed by atoms with E-state index in [4.69, 9.17) is 14.0 Å². The number of aliphatic imine (C=N–C) groups is 1. The number of aliphatic hydroxyl groups is 3. The van der Waals surface area contributed by atoms with Crippen LogP contribution >= 0.6 is 11.8 Å². The number of hydrogen-bond donors (Lipinski definition) is 3. The Hall–Kier alpha value is -0.140. The topological polar surface area (TPSA) is 82.3 Å². The third-order valence-corrected chi connectivity index (χ3v) is 2.97. The largest absolute Gasteiger partial charge is 0.394 e. The summed E-state index contributed by atoms with van der Waals surface area (Å²) in [4.78, 5) is 3.93. The summed E-state index contributed by atoms with van der Waals surface area (Å²) in [7, 11) is 0. The Bertz CT molecular complexity index is 382. The standard InChI is InChI=1S/C8H13NO4S/c1-3-9-5-7(12)6(11)4(2-10)13-8(5)14-3/h4-8,10-12H,2H2,1H3/t4-,5-,6-,7-,8-/m1/s1/i4D,6D,8D. The molecular weight excluding hydrogens is 206 g/mol. The van der Waals surface area contributed by atoms with Gasteiger partial charge in [0.15, 0.2) is 0 Å². The number of ether oxygens (including phenoxy) is 1. The van der Waals surface area contributed by atoms with Crippen LogP contribution < -0.4 is 0 Å². The molecule has 0 aliphatic carbocycles. The van der Waals surface area contributed by atoms with Gasteiger partial charge >= 0.3 is 0 Å². The Labute approximate surface area is 90.0 Å². The minimum Gasteiger partial charge on any atom is -0.394 e. The van der Waals surface area contributed by atoms with E-state index in [1.54, 1.807) is 6.92 Å². The molecule has 0 bridgehead atoms. The van der Waals surface area contributed by atoms with E-state index >= 15 is 0 Å². The summed E-state index contributed by atoms with van der Waals surface area (Å²) in [6, 6.07) is -1.15. The summed E-state index contributed by atoms with van der Waals surface area (Å²) in [5.41, 5.74) is -1.79. The summed E-state index contributed by atoms with van der Waals surface area (Å²) in [6.07, 6.45) is -6.99. The molecule has 5 atom stereocenters. The summed E-state index contributed by atoms with van der Waals surface area (Å²) in [5.74, 6) is 0. The van der Waals surface area contributed by atoms with Gasteiger partial charge in [0.2, 0.25) is 0 Å². The third kappa shape index (κ3) is 1.57. The van der Waals surface area contributed by atoms with Crippen LogP contribution in [0.25, 0.3) is 0 Å². The van der Waals surface area contributed by atoms with Gasteiger partial charge in [-0.05, 0) is 6.92 Å². The lowest BCUT2D eigenvalue weighted by molar-refractivity contribution is -0.164. The Morgan fingerprint density at radius 2 is 2.36 bits per heavy atom. The van der Waals surface area contributed by atoms with Crippen molar-refractivity contribution in [2.45, 2.75) is 36.6 Å². The zero-order valence-corrected chi connectivity index (χ0v) is 8.28. The molecule has 2 aliphatic heterocycles. The van der Waals surface area contributed by atoms with Crippen molar-refractivity contribution >= 4 is 16.8 Å². The van der Waals surface area contributed by atoms with Crippen molar-refractivity contribution in [3.05, 3.63) is 0 Å². The van der Waals surface area contributed by atoms with Crippen LogP contribution in [0.1, 0.15) is 11.0 Å². The number of fused-ring (bicyclic) bond motifs is 1. The quantitative estimate of drug-likeness (QED) is 0.528. The van der Waals surface area contributed by atoms with Crippen molar-refractivity contribution < 1.29 is 24.2 Å². The van der Waals surface area contributed by atoms with Crippen LogP contribution in [0.2, 0.25) is 0 Å². The second-order valence-corrected chi connectivity index (χ2v) is 4.22. The highest BCUT2D eigenvalue weighted by molar-refractivity contribution is 8.14. The Morgan fingerprint density at radius 1 is 1.64 bits per heavy atom. The van der Waals surface area contributed by atoms with E-state index in [0.29, 0.717) is 5.04 Å². The van der Waals surface area contributed by atoms with Gasteiger partial charge in [-0.15, -0.1) is 0 Å². The highest BCUT2D eigenvalue weighted by Crippen LogP contribution is 2.36. The van der Waals surface area contributed by atoms with Gasteiger partial charge in [0, 0.05) is 0 Å². The zero-order chi connectivity index (χ0) is 13.1. The number of nitrogens with zero attached hydrogens (tertiary/aromatic N) is 1. The fourth-order valence-electron chi connectivity index (χ4n) is 1.36. The molecule has 80 valence electrons. The zero-order valence-electron chi connectivity index (χ0n) is 10.5. The maximum absolute atomic E-state index is 9.87. The normalized spacial score (nSPS) is 66.3. The van der Waals surface area contributed by atoms with Gasteiger partial charge in [-0.3, -0.25) is 4.99 Å². The molecule has 2 aliphatic rings. The summed E-state index contributed by atoms with van der Waals surface area (Å²) >= 11 is 0.883. The molecule has 5 nitrogen and oxygen atoms in total. The number of rotatable bonds is 1. The lowest BCUT2D eigenvalue weighted by Gasteiger charge is -2.37. The van der Waals surface area contributed by atoms with E-state index in [2.05, 4.69) is 4.99 Å². The van der Waals surface area contributed by atoms with E-state index in [1.807, 2.05) is 0 Å². The molecule has 1 fully saturated rings. The molecule has 0 aromatic carbocycles. The van der Waals surface area contributed by atoms with Crippen molar-refractivity contribution in [2.24, 2.45) is 4.99 Å². The molecule has 2 heterocycles. The van der Waals surface area contributed by atoms with E-state index < -0.39 is 36.3 Å². The molecule has 14 heavy (non-hydrogen) atoms. The molecule has 0 saturated carbocycles. The molecule has 0 aromatic heterocycles. The first-order valence-corrected chi connectivity index (χ1v) is 4.93. The van der Waals surface area contributed by atoms with Gasteiger partial charge in [-0.2, -0.15) is 0 Å². The van der Waals surface area contributed by atoms with E-state index in [-0.39, 0.29) is 0 Å². The maximum atomic E-state index is 9.87. The fourth-order valence-corrected chi connectivity index (χ4v) is 2.27. The van der Waals surface area contributed by atoms with Crippen molar-refractivity contribution in [1.82, 2.24) is 0 Å². The highest BCUT2D eigenvalue weighted by Gasteiger charge is 2.47. The molecule has 3 N–H and O–H groups in total. The van der Waals surface area contributed by atoms with Crippen LogP contribution in [0.5, 0.6) is 0 Å². The van der Waals surface area contributed by atoms with Crippen LogP contribution in [-0.2, 0) is 4.74 Å². The lowest BCUT2D eigenvalue weighted by atomic mass is 9.99. The van der Waals surface area contributed by atoms with Gasteiger partial charge in [-0.1, -0.05) is 11.8 Å². The molecule has 0 radical (unpaired) electrons. The highest BCUT2D eigenvalue weighted by atomic mass is 32.2. The molecular formula is C8H13NO4S. The van der Waals surface area contributed by atoms with Gasteiger partial charge in [0.25, 0.3) is 0 Å². The molecule has 1 saturated heterocycles. The van der Waals surface area contributed by atoms with Crippen LogP contribution in [-0.4, -0.2) is 56.7 Å². The number of thioether (sulfide) groups is 1. The van der Waals surface area contributed by atoms with E-state index in [0.717, 1.165) is 11.8 Å². The minimum absolute atomic E-state index is 0.460. The SMILES string of the molecule is [2H][C@]1(CO)O[C@]2([2H])SC(C)=N[C@@H]2[C@@H](O)[C@]1([2H])O. The van der Waals surface area contributed by atoms with E-state index in [9.17, 15) is 10.2 Å². The first kappa shape index (κ1) is 7.19. The first-order chi connectivity index (χ1) is 7.66. The van der Waals surface area contributed by atoms with Crippen LogP contribution in [0, 0.1) is 0 Å². The van der Waals surface area contributed by atoms with Gasteiger partial charge in [0.05, 0.1) is 15.8 Å². The number of aliphatic hydroxyl groups excluding tert-OH is 2. The second kappa shape index (κ2) is 3.79. The minimum atomic E-state index is -2.74. The first-order valence-electron chi connectivity index (χ1n) is 5.61. The van der Waals surface area contributed by atoms with Gasteiger partial charge in [-0.25, -0.2) is 0 Å². The van der Waals surface area contributed by atoms with Crippen molar-refractivity contribution in [3.8, 4) is 0 Å².